The second-order valence-electron chi connectivity index (χ2n) is 3.92. The number of aromatic nitrogens is 1. The summed E-state index contributed by atoms with van der Waals surface area (Å²) in [7, 11) is 0. The summed E-state index contributed by atoms with van der Waals surface area (Å²) in [5.74, 6) is 5.48. The molecule has 0 amide bonds. The van der Waals surface area contributed by atoms with Gasteiger partial charge in [0.25, 0.3) is 0 Å². The lowest BCUT2D eigenvalue weighted by molar-refractivity contribution is 0.574. The van der Waals surface area contributed by atoms with Gasteiger partial charge < -0.3 is 0 Å². The summed E-state index contributed by atoms with van der Waals surface area (Å²) >= 11 is 0. The van der Waals surface area contributed by atoms with Crippen molar-refractivity contribution < 1.29 is 0 Å². The third kappa shape index (κ3) is 4.72. The summed E-state index contributed by atoms with van der Waals surface area (Å²) in [5, 5.41) is 0. The molecule has 1 rings (SSSR count). The predicted octanol–water partition coefficient (Wildman–Crippen LogP) is 1.81. The fourth-order valence-electron chi connectivity index (χ4n) is 1.49. The van der Waals surface area contributed by atoms with Crippen LogP contribution >= 0.6 is 0 Å². The number of hydrazine groups is 1. The number of hydrogen-bond acceptors (Lipinski definition) is 3. The predicted molar refractivity (Wildman–Crippen MR) is 63.1 cm³/mol. The lowest BCUT2D eigenvalue weighted by Gasteiger charge is -2.11. The SMILES string of the molecule is CC(C)=CC(CCc1cccnc1)NN. The summed E-state index contributed by atoms with van der Waals surface area (Å²) in [6.07, 6.45) is 7.82. The van der Waals surface area contributed by atoms with E-state index in [2.05, 4.69) is 36.4 Å². The largest absolute Gasteiger partial charge is 0.271 e. The van der Waals surface area contributed by atoms with E-state index in [9.17, 15) is 0 Å². The van der Waals surface area contributed by atoms with Gasteiger partial charge in [0.05, 0.1) is 0 Å². The van der Waals surface area contributed by atoms with Crippen molar-refractivity contribution in [2.45, 2.75) is 32.7 Å². The first-order chi connectivity index (χ1) is 7.22. The van der Waals surface area contributed by atoms with Crippen molar-refractivity contribution in [2.24, 2.45) is 5.84 Å². The van der Waals surface area contributed by atoms with Gasteiger partial charge in [-0.3, -0.25) is 16.3 Å². The van der Waals surface area contributed by atoms with Crippen LogP contribution in [-0.4, -0.2) is 11.0 Å². The zero-order chi connectivity index (χ0) is 11.1. The molecule has 3 heteroatoms. The van der Waals surface area contributed by atoms with Gasteiger partial charge in [-0.05, 0) is 38.3 Å². The van der Waals surface area contributed by atoms with Crippen LogP contribution in [0.1, 0.15) is 25.8 Å². The van der Waals surface area contributed by atoms with Crippen molar-refractivity contribution in [2.75, 3.05) is 0 Å². The Morgan fingerprint density at radius 2 is 2.40 bits per heavy atom. The second-order valence-corrected chi connectivity index (χ2v) is 3.92. The van der Waals surface area contributed by atoms with Crippen LogP contribution in [0, 0.1) is 0 Å². The average molecular weight is 205 g/mol. The third-order valence-electron chi connectivity index (χ3n) is 2.22. The molecule has 0 saturated carbocycles. The summed E-state index contributed by atoms with van der Waals surface area (Å²) in [5.41, 5.74) is 5.34. The van der Waals surface area contributed by atoms with Crippen molar-refractivity contribution in [1.82, 2.24) is 10.4 Å². The number of pyridine rings is 1. The van der Waals surface area contributed by atoms with E-state index in [4.69, 9.17) is 5.84 Å². The number of nitrogens with zero attached hydrogens (tertiary/aromatic N) is 1. The van der Waals surface area contributed by atoms with Crippen LogP contribution < -0.4 is 11.3 Å². The molecule has 0 saturated heterocycles. The standard InChI is InChI=1S/C12H19N3/c1-10(2)8-12(15-13)6-5-11-4-3-7-14-9-11/h3-4,7-9,12,15H,5-6,13H2,1-2H3. The maximum atomic E-state index is 5.48. The van der Waals surface area contributed by atoms with E-state index < -0.39 is 0 Å². The van der Waals surface area contributed by atoms with E-state index in [-0.39, 0.29) is 6.04 Å². The molecule has 0 aromatic carbocycles. The van der Waals surface area contributed by atoms with Crippen molar-refractivity contribution in [3.8, 4) is 0 Å². The van der Waals surface area contributed by atoms with Crippen LogP contribution in [0.15, 0.2) is 36.2 Å². The molecule has 0 aliphatic rings. The first kappa shape index (κ1) is 11.9. The number of hydrogen-bond donors (Lipinski definition) is 2. The molecular weight excluding hydrogens is 186 g/mol. The van der Waals surface area contributed by atoms with Crippen LogP contribution in [0.4, 0.5) is 0 Å². The molecule has 1 heterocycles. The molecule has 82 valence electrons. The number of rotatable bonds is 5. The molecule has 0 spiro atoms. The van der Waals surface area contributed by atoms with Gasteiger partial charge in [0, 0.05) is 18.4 Å². The molecule has 1 aromatic heterocycles. The molecule has 0 bridgehead atoms. The molecule has 1 aromatic rings. The van der Waals surface area contributed by atoms with Gasteiger partial charge in [-0.2, -0.15) is 0 Å². The maximum Gasteiger partial charge on any atom is 0.0396 e. The fraction of sp³-hybridized carbons (Fsp3) is 0.417. The van der Waals surface area contributed by atoms with Crippen LogP contribution in [0.3, 0.4) is 0 Å². The highest BCUT2D eigenvalue weighted by Crippen LogP contribution is 2.05. The summed E-state index contributed by atoms with van der Waals surface area (Å²) in [6.45, 7) is 4.16. The van der Waals surface area contributed by atoms with E-state index in [1.165, 1.54) is 11.1 Å². The Bertz CT molecular complexity index is 302. The van der Waals surface area contributed by atoms with Gasteiger partial charge in [-0.15, -0.1) is 0 Å². The van der Waals surface area contributed by atoms with E-state index in [0.29, 0.717) is 0 Å². The van der Waals surface area contributed by atoms with E-state index in [0.717, 1.165) is 12.8 Å². The molecule has 0 aliphatic carbocycles. The fourth-order valence-corrected chi connectivity index (χ4v) is 1.49. The molecule has 0 aliphatic heterocycles. The normalized spacial score (nSPS) is 12.2. The van der Waals surface area contributed by atoms with E-state index in [1.54, 1.807) is 6.20 Å². The van der Waals surface area contributed by atoms with Gasteiger partial charge in [0.2, 0.25) is 0 Å². The Labute approximate surface area is 91.4 Å². The number of nitrogens with one attached hydrogen (secondary N) is 1. The van der Waals surface area contributed by atoms with Crippen molar-refractivity contribution >= 4 is 0 Å². The van der Waals surface area contributed by atoms with Crippen LogP contribution in [0.25, 0.3) is 0 Å². The van der Waals surface area contributed by atoms with Gasteiger partial charge in [-0.25, -0.2) is 0 Å². The first-order valence-electron chi connectivity index (χ1n) is 5.22. The van der Waals surface area contributed by atoms with Gasteiger partial charge in [-0.1, -0.05) is 17.7 Å². The average Bonchev–Trinajstić information content (AvgIpc) is 2.25. The zero-order valence-electron chi connectivity index (χ0n) is 9.40. The quantitative estimate of drug-likeness (QED) is 0.438. The minimum absolute atomic E-state index is 0.246. The van der Waals surface area contributed by atoms with Crippen LogP contribution in [0.5, 0.6) is 0 Å². The highest BCUT2D eigenvalue weighted by molar-refractivity contribution is 5.10. The first-order valence-corrected chi connectivity index (χ1v) is 5.22. The van der Waals surface area contributed by atoms with Crippen LogP contribution in [0.2, 0.25) is 0 Å². The monoisotopic (exact) mass is 205 g/mol. The molecule has 3 nitrogen and oxygen atoms in total. The van der Waals surface area contributed by atoms with Gasteiger partial charge in [0.15, 0.2) is 0 Å². The summed E-state index contributed by atoms with van der Waals surface area (Å²) in [4.78, 5) is 4.08. The van der Waals surface area contributed by atoms with E-state index >= 15 is 0 Å². The maximum absolute atomic E-state index is 5.48. The molecular formula is C12H19N3. The molecule has 0 radical (unpaired) electrons. The second kappa shape index (κ2) is 6.32. The minimum Gasteiger partial charge on any atom is -0.271 e. The lowest BCUT2D eigenvalue weighted by atomic mass is 10.1. The Morgan fingerprint density at radius 1 is 1.60 bits per heavy atom. The summed E-state index contributed by atoms with van der Waals surface area (Å²) in [6, 6.07) is 4.29. The Morgan fingerprint density at radius 3 is 2.93 bits per heavy atom. The summed E-state index contributed by atoms with van der Waals surface area (Å²) < 4.78 is 0. The molecule has 3 N–H and O–H groups in total. The third-order valence-corrected chi connectivity index (χ3v) is 2.22. The smallest absolute Gasteiger partial charge is 0.0396 e. The van der Waals surface area contributed by atoms with Crippen LogP contribution in [-0.2, 0) is 6.42 Å². The van der Waals surface area contributed by atoms with Crippen molar-refractivity contribution in [3.63, 3.8) is 0 Å². The number of aryl methyl sites for hydroxylation is 1. The lowest BCUT2D eigenvalue weighted by Crippen LogP contribution is -2.34. The number of nitrogens with two attached hydrogens (primary N) is 1. The Balaban J connectivity index is 2.45. The Hall–Kier alpha value is -1.19. The number of allylic oxidation sites excluding steroid dienone is 1. The van der Waals surface area contributed by atoms with Crippen molar-refractivity contribution in [1.29, 1.82) is 0 Å². The molecule has 1 unspecified atom stereocenters. The van der Waals surface area contributed by atoms with E-state index in [1.807, 2.05) is 12.3 Å². The molecule has 1 atom stereocenters. The van der Waals surface area contributed by atoms with Gasteiger partial charge >= 0.3 is 0 Å². The Kier molecular flexibility index (Phi) is 5.01. The highest BCUT2D eigenvalue weighted by Gasteiger charge is 2.02. The van der Waals surface area contributed by atoms with Crippen molar-refractivity contribution in [3.05, 3.63) is 41.7 Å². The highest BCUT2D eigenvalue weighted by atomic mass is 15.2. The zero-order valence-corrected chi connectivity index (χ0v) is 9.40. The molecule has 0 fully saturated rings. The molecule has 15 heavy (non-hydrogen) atoms. The minimum atomic E-state index is 0.246. The van der Waals surface area contributed by atoms with Gasteiger partial charge in [0.1, 0.15) is 0 Å². The topological polar surface area (TPSA) is 50.9 Å².